The van der Waals surface area contributed by atoms with E-state index in [1.54, 1.807) is 0 Å². The molecule has 2 fully saturated rings. The fraction of sp³-hybridized carbons (Fsp3) is 0.632. The molecule has 4 rings (SSSR count). The lowest BCUT2D eigenvalue weighted by Gasteiger charge is -2.30. The number of fused-ring (bicyclic) bond motifs is 1. The summed E-state index contributed by atoms with van der Waals surface area (Å²) in [7, 11) is 0. The fourth-order valence-corrected chi connectivity index (χ4v) is 3.66. The topological polar surface area (TPSA) is 42.0 Å². The van der Waals surface area contributed by atoms with Gasteiger partial charge in [0.05, 0.1) is 19.8 Å². The standard InChI is InChI=1S/C19H26N2O3/c22-19(16-2-1-3-16)21-8-11-24-18-5-4-15(12-17(18)14-21)13-20-6-9-23-10-7-20/h4-5,12,16H,1-3,6-11,13-14H2. The van der Waals surface area contributed by atoms with Crippen LogP contribution in [0.25, 0.3) is 0 Å². The lowest BCUT2D eigenvalue weighted by molar-refractivity contribution is -0.138. The highest BCUT2D eigenvalue weighted by atomic mass is 16.5. The van der Waals surface area contributed by atoms with Crippen molar-refractivity contribution in [1.82, 2.24) is 9.80 Å². The van der Waals surface area contributed by atoms with Crippen molar-refractivity contribution >= 4 is 5.91 Å². The molecule has 2 aliphatic heterocycles. The Kier molecular flexibility index (Phi) is 4.72. The van der Waals surface area contributed by atoms with E-state index in [-0.39, 0.29) is 5.92 Å². The largest absolute Gasteiger partial charge is 0.491 e. The van der Waals surface area contributed by atoms with Crippen LogP contribution >= 0.6 is 0 Å². The quantitative estimate of drug-likeness (QED) is 0.850. The van der Waals surface area contributed by atoms with Crippen LogP contribution in [0.15, 0.2) is 18.2 Å². The van der Waals surface area contributed by atoms with Crippen LogP contribution in [0.4, 0.5) is 0 Å². The van der Waals surface area contributed by atoms with Gasteiger partial charge in [-0.2, -0.15) is 0 Å². The number of carbonyl (C=O) groups excluding carboxylic acids is 1. The van der Waals surface area contributed by atoms with Gasteiger partial charge in [-0.3, -0.25) is 9.69 Å². The molecule has 1 aromatic rings. The SMILES string of the molecule is O=C(C1CCC1)N1CCOc2ccc(CN3CCOCC3)cc2C1. The number of carbonyl (C=O) groups is 1. The average Bonchev–Trinajstić information content (AvgIpc) is 2.76. The Morgan fingerprint density at radius 2 is 1.96 bits per heavy atom. The zero-order valence-corrected chi connectivity index (χ0v) is 14.2. The fourth-order valence-electron chi connectivity index (χ4n) is 3.66. The first kappa shape index (κ1) is 15.9. The Bertz CT molecular complexity index is 594. The summed E-state index contributed by atoms with van der Waals surface area (Å²) in [6.07, 6.45) is 3.31. The summed E-state index contributed by atoms with van der Waals surface area (Å²) in [5, 5.41) is 0. The second-order valence-electron chi connectivity index (χ2n) is 7.07. The molecule has 0 unspecified atom stereocenters. The lowest BCUT2D eigenvalue weighted by Crippen LogP contribution is -2.39. The van der Waals surface area contributed by atoms with Crippen molar-refractivity contribution in [2.75, 3.05) is 39.5 Å². The molecule has 1 aliphatic carbocycles. The first-order valence-corrected chi connectivity index (χ1v) is 9.13. The Balaban J connectivity index is 1.47. The van der Waals surface area contributed by atoms with E-state index in [0.29, 0.717) is 25.6 Å². The highest BCUT2D eigenvalue weighted by molar-refractivity contribution is 5.79. The molecular weight excluding hydrogens is 304 g/mol. The van der Waals surface area contributed by atoms with E-state index in [2.05, 4.69) is 23.1 Å². The predicted molar refractivity (Wildman–Crippen MR) is 90.8 cm³/mol. The number of hydrogen-bond donors (Lipinski definition) is 0. The Hall–Kier alpha value is -1.59. The number of nitrogens with zero attached hydrogens (tertiary/aromatic N) is 2. The van der Waals surface area contributed by atoms with Crippen molar-refractivity contribution in [3.05, 3.63) is 29.3 Å². The van der Waals surface area contributed by atoms with Gasteiger partial charge >= 0.3 is 0 Å². The molecule has 0 aromatic heterocycles. The van der Waals surface area contributed by atoms with E-state index < -0.39 is 0 Å². The van der Waals surface area contributed by atoms with Gasteiger partial charge in [-0.25, -0.2) is 0 Å². The maximum atomic E-state index is 12.6. The monoisotopic (exact) mass is 330 g/mol. The summed E-state index contributed by atoms with van der Waals surface area (Å²) in [6, 6.07) is 6.44. The van der Waals surface area contributed by atoms with Gasteiger partial charge in [0.2, 0.25) is 5.91 Å². The summed E-state index contributed by atoms with van der Waals surface area (Å²) >= 11 is 0. The molecule has 0 spiro atoms. The summed E-state index contributed by atoms with van der Waals surface area (Å²) in [6.45, 7) is 6.51. The van der Waals surface area contributed by atoms with E-state index >= 15 is 0 Å². The lowest BCUT2D eigenvalue weighted by atomic mass is 9.84. The van der Waals surface area contributed by atoms with Crippen LogP contribution in [-0.2, 0) is 22.6 Å². The highest BCUT2D eigenvalue weighted by Crippen LogP contribution is 2.31. The van der Waals surface area contributed by atoms with Gasteiger partial charge in [0, 0.05) is 37.7 Å². The van der Waals surface area contributed by atoms with Gasteiger partial charge in [-0.05, 0) is 30.5 Å². The molecular formula is C19H26N2O3. The van der Waals surface area contributed by atoms with Crippen LogP contribution in [0.2, 0.25) is 0 Å². The maximum absolute atomic E-state index is 12.6. The first-order chi connectivity index (χ1) is 11.8. The van der Waals surface area contributed by atoms with Crippen molar-refractivity contribution in [3.63, 3.8) is 0 Å². The van der Waals surface area contributed by atoms with Crippen molar-refractivity contribution < 1.29 is 14.3 Å². The van der Waals surface area contributed by atoms with Gasteiger partial charge in [0.25, 0.3) is 0 Å². The van der Waals surface area contributed by atoms with Gasteiger partial charge in [-0.15, -0.1) is 0 Å². The Morgan fingerprint density at radius 3 is 2.71 bits per heavy atom. The molecule has 130 valence electrons. The summed E-state index contributed by atoms with van der Waals surface area (Å²) < 4.78 is 11.3. The second-order valence-corrected chi connectivity index (χ2v) is 7.07. The van der Waals surface area contributed by atoms with E-state index in [1.165, 1.54) is 12.0 Å². The molecule has 3 aliphatic rings. The third-order valence-corrected chi connectivity index (χ3v) is 5.38. The second kappa shape index (κ2) is 7.11. The van der Waals surface area contributed by atoms with Gasteiger partial charge in [-0.1, -0.05) is 12.5 Å². The number of amides is 1. The third-order valence-electron chi connectivity index (χ3n) is 5.38. The Labute approximate surface area is 143 Å². The van der Waals surface area contributed by atoms with Crippen LogP contribution in [0.3, 0.4) is 0 Å². The summed E-state index contributed by atoms with van der Waals surface area (Å²) in [5.41, 5.74) is 2.43. The van der Waals surface area contributed by atoms with Gasteiger partial charge in [0.15, 0.2) is 0 Å². The highest BCUT2D eigenvalue weighted by Gasteiger charge is 2.30. The minimum atomic E-state index is 0.253. The molecule has 2 heterocycles. The molecule has 1 saturated carbocycles. The van der Waals surface area contributed by atoms with Crippen LogP contribution in [0.1, 0.15) is 30.4 Å². The van der Waals surface area contributed by atoms with E-state index in [4.69, 9.17) is 9.47 Å². The molecule has 0 radical (unpaired) electrons. The van der Waals surface area contributed by atoms with Crippen LogP contribution < -0.4 is 4.74 Å². The van der Waals surface area contributed by atoms with E-state index in [1.807, 2.05) is 4.90 Å². The van der Waals surface area contributed by atoms with E-state index in [9.17, 15) is 4.79 Å². The van der Waals surface area contributed by atoms with Crippen molar-refractivity contribution in [3.8, 4) is 5.75 Å². The molecule has 0 bridgehead atoms. The van der Waals surface area contributed by atoms with Gasteiger partial charge < -0.3 is 14.4 Å². The molecule has 24 heavy (non-hydrogen) atoms. The van der Waals surface area contributed by atoms with Crippen molar-refractivity contribution in [2.45, 2.75) is 32.4 Å². The molecule has 1 amide bonds. The molecule has 0 N–H and O–H groups in total. The zero-order valence-electron chi connectivity index (χ0n) is 14.2. The smallest absolute Gasteiger partial charge is 0.226 e. The number of ether oxygens (including phenoxy) is 2. The normalized spacial score (nSPS) is 22.2. The number of rotatable bonds is 3. The van der Waals surface area contributed by atoms with Crippen LogP contribution in [0, 0.1) is 5.92 Å². The first-order valence-electron chi connectivity index (χ1n) is 9.13. The molecule has 5 heteroatoms. The average molecular weight is 330 g/mol. The molecule has 1 aromatic carbocycles. The molecule has 0 atom stereocenters. The third kappa shape index (κ3) is 3.42. The number of benzene rings is 1. The predicted octanol–water partition coefficient (Wildman–Crippen LogP) is 2.04. The summed E-state index contributed by atoms with van der Waals surface area (Å²) in [4.78, 5) is 17.0. The molecule has 5 nitrogen and oxygen atoms in total. The number of hydrogen-bond acceptors (Lipinski definition) is 4. The van der Waals surface area contributed by atoms with Crippen molar-refractivity contribution in [1.29, 1.82) is 0 Å². The minimum Gasteiger partial charge on any atom is -0.491 e. The van der Waals surface area contributed by atoms with Gasteiger partial charge in [0.1, 0.15) is 12.4 Å². The van der Waals surface area contributed by atoms with Crippen molar-refractivity contribution in [2.24, 2.45) is 5.92 Å². The number of morpholine rings is 1. The van der Waals surface area contributed by atoms with Crippen LogP contribution in [-0.4, -0.2) is 55.2 Å². The van der Waals surface area contributed by atoms with Crippen LogP contribution in [0.5, 0.6) is 5.75 Å². The minimum absolute atomic E-state index is 0.253. The Morgan fingerprint density at radius 1 is 1.12 bits per heavy atom. The summed E-state index contributed by atoms with van der Waals surface area (Å²) in [5.74, 6) is 1.50. The zero-order chi connectivity index (χ0) is 16.4. The molecule has 1 saturated heterocycles. The maximum Gasteiger partial charge on any atom is 0.226 e. The van der Waals surface area contributed by atoms with E-state index in [0.717, 1.165) is 57.0 Å².